The van der Waals surface area contributed by atoms with E-state index in [2.05, 4.69) is 15.0 Å². The molecule has 1 fully saturated rings. The van der Waals surface area contributed by atoms with Gasteiger partial charge in [0.2, 0.25) is 5.95 Å². The molecule has 11 nitrogen and oxygen atoms in total. The number of carbonyl (C=O) groups excluding carboxylic acids is 2. The van der Waals surface area contributed by atoms with E-state index in [1.165, 1.54) is 19.1 Å². The molecule has 192 valence electrons. The fourth-order valence-corrected chi connectivity index (χ4v) is 4.65. The summed E-state index contributed by atoms with van der Waals surface area (Å²) in [5, 5.41) is 11.4. The summed E-state index contributed by atoms with van der Waals surface area (Å²) >= 11 is 0. The summed E-state index contributed by atoms with van der Waals surface area (Å²) in [6.07, 6.45) is 1.55. The standard InChI is InChI=1S/C27H22N4O7/c1-35-19-12-16-17(13-20(19)36-2)30-27(29-16)31-23(15-5-3-4-8-28-15)22(25(33)26(31)34)24(32)14-6-7-18-21(11-14)38-10-9-37-18/h3-8,11-13,23,32H,9-10H2,1-2H3,(H,29,30)/b24-22+. The number of aliphatic hydroxyl groups excluding tert-OH is 1. The van der Waals surface area contributed by atoms with Crippen molar-refractivity contribution in [2.45, 2.75) is 6.04 Å². The number of hydrogen-bond donors (Lipinski definition) is 2. The quantitative estimate of drug-likeness (QED) is 0.233. The number of H-pyrrole nitrogens is 1. The predicted molar refractivity (Wildman–Crippen MR) is 136 cm³/mol. The van der Waals surface area contributed by atoms with Gasteiger partial charge >= 0.3 is 5.91 Å². The first-order valence-corrected chi connectivity index (χ1v) is 11.7. The largest absolute Gasteiger partial charge is 0.507 e. The van der Waals surface area contributed by atoms with Gasteiger partial charge in [-0.05, 0) is 30.3 Å². The lowest BCUT2D eigenvalue weighted by Gasteiger charge is -2.22. The van der Waals surface area contributed by atoms with Crippen molar-refractivity contribution in [3.63, 3.8) is 0 Å². The van der Waals surface area contributed by atoms with Crippen LogP contribution in [0.25, 0.3) is 16.8 Å². The number of ether oxygens (including phenoxy) is 4. The molecule has 0 bridgehead atoms. The van der Waals surface area contributed by atoms with Crippen LogP contribution in [0, 0.1) is 0 Å². The van der Waals surface area contributed by atoms with Gasteiger partial charge in [-0.1, -0.05) is 6.07 Å². The molecule has 0 spiro atoms. The van der Waals surface area contributed by atoms with E-state index in [-0.39, 0.29) is 17.3 Å². The van der Waals surface area contributed by atoms with Crippen molar-refractivity contribution >= 4 is 34.4 Å². The molecule has 4 heterocycles. The number of imidazole rings is 1. The summed E-state index contributed by atoms with van der Waals surface area (Å²) in [7, 11) is 3.02. The Bertz CT molecular complexity index is 1570. The molecule has 2 aromatic carbocycles. The number of anilines is 1. The van der Waals surface area contributed by atoms with Gasteiger partial charge in [0.05, 0.1) is 36.5 Å². The zero-order valence-electron chi connectivity index (χ0n) is 20.4. The highest BCUT2D eigenvalue weighted by molar-refractivity contribution is 6.51. The summed E-state index contributed by atoms with van der Waals surface area (Å²) in [5.74, 6) is -0.0996. The Morgan fingerprint density at radius 1 is 1.03 bits per heavy atom. The summed E-state index contributed by atoms with van der Waals surface area (Å²) in [5.41, 5.74) is 1.60. The smallest absolute Gasteiger partial charge is 0.302 e. The number of Topliss-reactive ketones (excluding diaryl/α,β-unsaturated/α-hetero) is 1. The number of benzene rings is 2. The number of rotatable bonds is 5. The second-order valence-corrected chi connectivity index (χ2v) is 8.57. The minimum Gasteiger partial charge on any atom is -0.507 e. The molecule has 2 aliphatic heterocycles. The lowest BCUT2D eigenvalue weighted by atomic mass is 9.98. The van der Waals surface area contributed by atoms with E-state index < -0.39 is 17.7 Å². The Morgan fingerprint density at radius 3 is 2.53 bits per heavy atom. The molecule has 4 aromatic rings. The zero-order valence-corrected chi connectivity index (χ0v) is 20.4. The van der Waals surface area contributed by atoms with Gasteiger partial charge in [0.1, 0.15) is 25.0 Å². The Morgan fingerprint density at radius 2 is 1.79 bits per heavy atom. The van der Waals surface area contributed by atoms with Crippen LogP contribution in [0.4, 0.5) is 5.95 Å². The summed E-state index contributed by atoms with van der Waals surface area (Å²) < 4.78 is 21.9. The molecule has 1 saturated heterocycles. The maximum atomic E-state index is 13.4. The third-order valence-corrected chi connectivity index (χ3v) is 6.43. The van der Waals surface area contributed by atoms with Crippen LogP contribution < -0.4 is 23.8 Å². The van der Waals surface area contributed by atoms with Crippen molar-refractivity contribution in [3.05, 3.63) is 71.6 Å². The van der Waals surface area contributed by atoms with E-state index in [1.807, 2.05) is 0 Å². The Balaban J connectivity index is 1.52. The second-order valence-electron chi connectivity index (χ2n) is 8.57. The summed E-state index contributed by atoms with van der Waals surface area (Å²) in [6, 6.07) is 12.3. The van der Waals surface area contributed by atoms with Gasteiger partial charge in [0, 0.05) is 23.9 Å². The number of aromatic nitrogens is 3. The molecule has 1 amide bonds. The Labute approximate surface area is 216 Å². The number of pyridine rings is 1. The molecule has 2 aliphatic rings. The van der Waals surface area contributed by atoms with Gasteiger partial charge in [0.15, 0.2) is 23.0 Å². The van der Waals surface area contributed by atoms with Gasteiger partial charge in [0.25, 0.3) is 5.78 Å². The monoisotopic (exact) mass is 514 g/mol. The minimum absolute atomic E-state index is 0.106. The van der Waals surface area contributed by atoms with Gasteiger partial charge in [-0.25, -0.2) is 4.98 Å². The van der Waals surface area contributed by atoms with Crippen LogP contribution in [-0.4, -0.2) is 59.2 Å². The molecular formula is C27H22N4O7. The van der Waals surface area contributed by atoms with E-state index in [0.29, 0.717) is 58.5 Å². The van der Waals surface area contributed by atoms with Crippen molar-refractivity contribution in [2.24, 2.45) is 0 Å². The molecular weight excluding hydrogens is 492 g/mol. The number of ketones is 1. The van der Waals surface area contributed by atoms with Crippen molar-refractivity contribution in [1.29, 1.82) is 0 Å². The first-order valence-electron chi connectivity index (χ1n) is 11.7. The van der Waals surface area contributed by atoms with E-state index in [9.17, 15) is 14.7 Å². The van der Waals surface area contributed by atoms with Crippen molar-refractivity contribution in [3.8, 4) is 23.0 Å². The van der Waals surface area contributed by atoms with Crippen LogP contribution in [-0.2, 0) is 9.59 Å². The fourth-order valence-electron chi connectivity index (χ4n) is 4.65. The predicted octanol–water partition coefficient (Wildman–Crippen LogP) is 3.37. The lowest BCUT2D eigenvalue weighted by molar-refractivity contribution is -0.132. The van der Waals surface area contributed by atoms with E-state index in [0.717, 1.165) is 0 Å². The van der Waals surface area contributed by atoms with E-state index in [1.54, 1.807) is 54.7 Å². The second kappa shape index (κ2) is 9.11. The van der Waals surface area contributed by atoms with E-state index >= 15 is 0 Å². The highest BCUT2D eigenvalue weighted by Gasteiger charge is 2.49. The number of hydrogen-bond acceptors (Lipinski definition) is 9. The lowest BCUT2D eigenvalue weighted by Crippen LogP contribution is -2.30. The molecule has 6 rings (SSSR count). The van der Waals surface area contributed by atoms with Gasteiger partial charge in [-0.3, -0.25) is 19.5 Å². The average Bonchev–Trinajstić information content (AvgIpc) is 3.49. The molecule has 2 N–H and O–H groups in total. The third kappa shape index (κ3) is 3.67. The Hall–Kier alpha value is -5.06. The minimum atomic E-state index is -1.05. The van der Waals surface area contributed by atoms with Crippen molar-refractivity contribution in [1.82, 2.24) is 15.0 Å². The number of nitrogens with one attached hydrogen (secondary N) is 1. The topological polar surface area (TPSA) is 136 Å². The molecule has 1 unspecified atom stereocenters. The number of methoxy groups -OCH3 is 2. The number of amides is 1. The third-order valence-electron chi connectivity index (χ3n) is 6.43. The molecule has 11 heteroatoms. The molecule has 0 saturated carbocycles. The van der Waals surface area contributed by atoms with E-state index in [4.69, 9.17) is 18.9 Å². The highest BCUT2D eigenvalue weighted by atomic mass is 16.6. The molecule has 0 radical (unpaired) electrons. The summed E-state index contributed by atoms with van der Waals surface area (Å²) in [6.45, 7) is 0.773. The van der Waals surface area contributed by atoms with Crippen LogP contribution in [0.1, 0.15) is 17.3 Å². The van der Waals surface area contributed by atoms with Crippen LogP contribution in [0.2, 0.25) is 0 Å². The van der Waals surface area contributed by atoms with Gasteiger partial charge in [-0.2, -0.15) is 0 Å². The number of aliphatic hydroxyl groups is 1. The SMILES string of the molecule is COc1cc2nc(N3C(=O)C(=O)/C(=C(/O)c4ccc5c(c4)OCCO5)C3c3ccccn3)[nH]c2cc1OC. The van der Waals surface area contributed by atoms with Gasteiger partial charge < -0.3 is 29.0 Å². The average molecular weight is 514 g/mol. The number of carbonyl (C=O) groups is 2. The molecule has 38 heavy (non-hydrogen) atoms. The number of nitrogens with zero attached hydrogens (tertiary/aromatic N) is 3. The first-order chi connectivity index (χ1) is 18.5. The number of aromatic amines is 1. The Kier molecular flexibility index (Phi) is 5.60. The maximum absolute atomic E-state index is 13.4. The van der Waals surface area contributed by atoms with Gasteiger partial charge in [-0.15, -0.1) is 0 Å². The molecule has 2 aromatic heterocycles. The van der Waals surface area contributed by atoms with Crippen LogP contribution >= 0.6 is 0 Å². The van der Waals surface area contributed by atoms with Crippen LogP contribution in [0.3, 0.4) is 0 Å². The summed E-state index contributed by atoms with van der Waals surface area (Å²) in [4.78, 5) is 40.1. The van der Waals surface area contributed by atoms with Crippen LogP contribution in [0.15, 0.2) is 60.3 Å². The highest BCUT2D eigenvalue weighted by Crippen LogP contribution is 2.43. The number of fused-ring (bicyclic) bond motifs is 2. The van der Waals surface area contributed by atoms with Crippen molar-refractivity contribution < 1.29 is 33.6 Å². The normalized spacial score (nSPS) is 18.2. The maximum Gasteiger partial charge on any atom is 0.302 e. The first kappa shape index (κ1) is 23.3. The fraction of sp³-hybridized carbons (Fsp3) is 0.185. The molecule has 0 aliphatic carbocycles. The molecule has 1 atom stereocenters. The van der Waals surface area contributed by atoms with Crippen LogP contribution in [0.5, 0.6) is 23.0 Å². The zero-order chi connectivity index (χ0) is 26.4. The van der Waals surface area contributed by atoms with Crippen molar-refractivity contribution in [2.75, 3.05) is 32.3 Å².